The number of hydrogen-bond donors (Lipinski definition) is 2. The Morgan fingerprint density at radius 1 is 1.00 bits per heavy atom. The molecule has 0 aliphatic carbocycles. The largest absolute Gasteiger partial charge is 0.694 e. The highest BCUT2D eigenvalue weighted by Gasteiger charge is 2.11. The minimum atomic E-state index is -2.51. The molecule has 1 atom stereocenters. The first-order valence-electron chi connectivity index (χ1n) is 11.9. The van der Waals surface area contributed by atoms with Gasteiger partial charge in [0, 0.05) is 21.6 Å². The molecule has 0 fully saturated rings. The first-order valence-corrected chi connectivity index (χ1v) is 13.9. The Morgan fingerprint density at radius 3 is 2.47 bits per heavy atom. The fourth-order valence-corrected chi connectivity index (χ4v) is 4.81. The highest BCUT2D eigenvalue weighted by molar-refractivity contribution is 7.32. The molecule has 1 unspecified atom stereocenters. The summed E-state index contributed by atoms with van der Waals surface area (Å²) >= 11 is 1.71. The lowest BCUT2D eigenvalue weighted by Crippen LogP contribution is -2.16. The van der Waals surface area contributed by atoms with E-state index in [1.54, 1.807) is 11.3 Å². The summed E-state index contributed by atoms with van der Waals surface area (Å²) in [5.74, 6) is 1.59. The van der Waals surface area contributed by atoms with Crippen LogP contribution in [-0.4, -0.2) is 24.7 Å². The van der Waals surface area contributed by atoms with Crippen molar-refractivity contribution in [1.29, 1.82) is 0 Å². The van der Waals surface area contributed by atoms with Crippen LogP contribution in [0.3, 0.4) is 0 Å². The van der Waals surface area contributed by atoms with Gasteiger partial charge in [-0.3, -0.25) is 0 Å². The molecule has 0 radical (unpaired) electrons. The van der Waals surface area contributed by atoms with Gasteiger partial charge in [0.2, 0.25) is 0 Å². The van der Waals surface area contributed by atoms with Crippen LogP contribution in [0.1, 0.15) is 43.4 Å². The third-order valence-electron chi connectivity index (χ3n) is 5.39. The van der Waals surface area contributed by atoms with Crippen LogP contribution < -0.4 is 10.1 Å². The minimum Gasteiger partial charge on any atom is -0.493 e. The van der Waals surface area contributed by atoms with Crippen LogP contribution in [0.15, 0.2) is 60.0 Å². The van der Waals surface area contributed by atoms with Gasteiger partial charge in [-0.2, -0.15) is 0 Å². The van der Waals surface area contributed by atoms with Crippen molar-refractivity contribution in [1.82, 2.24) is 5.32 Å². The zero-order valence-corrected chi connectivity index (χ0v) is 21.7. The Balaban J connectivity index is 1.50. The van der Waals surface area contributed by atoms with Crippen LogP contribution in [0.4, 0.5) is 0 Å². The van der Waals surface area contributed by atoms with E-state index >= 15 is 0 Å². The van der Waals surface area contributed by atoms with E-state index in [4.69, 9.17) is 9.63 Å². The average molecular weight is 501 g/mol. The van der Waals surface area contributed by atoms with Crippen LogP contribution in [0.5, 0.6) is 5.75 Å². The van der Waals surface area contributed by atoms with Gasteiger partial charge in [-0.15, -0.1) is 20.8 Å². The smallest absolute Gasteiger partial charge is 0.493 e. The maximum Gasteiger partial charge on any atom is 0.694 e. The Hall–Kier alpha value is -2.08. The highest BCUT2D eigenvalue weighted by atomic mass is 32.1. The molecule has 2 N–H and O–H groups in total. The van der Waals surface area contributed by atoms with Gasteiger partial charge >= 0.3 is 8.25 Å². The SMILES string of the molecule is CC(C)Cc1ccc(CCCOc2ccc(CNCCCO[P+](=O)O)cc2-c2cccs2)cc1. The van der Waals surface area contributed by atoms with E-state index in [1.165, 1.54) is 21.6 Å². The van der Waals surface area contributed by atoms with E-state index in [2.05, 4.69) is 83.7 Å². The molecule has 182 valence electrons. The van der Waals surface area contributed by atoms with E-state index in [0.29, 0.717) is 25.5 Å². The number of rotatable bonds is 15. The predicted molar refractivity (Wildman–Crippen MR) is 141 cm³/mol. The van der Waals surface area contributed by atoms with E-state index in [9.17, 15) is 4.57 Å². The second-order valence-corrected chi connectivity index (χ2v) is 10.5. The Morgan fingerprint density at radius 2 is 1.76 bits per heavy atom. The molecule has 0 spiro atoms. The molecule has 2 aromatic carbocycles. The average Bonchev–Trinajstić information content (AvgIpc) is 3.35. The quantitative estimate of drug-likeness (QED) is 0.178. The van der Waals surface area contributed by atoms with Crippen LogP contribution in [0.25, 0.3) is 10.4 Å². The van der Waals surface area contributed by atoms with Gasteiger partial charge in [0.25, 0.3) is 0 Å². The van der Waals surface area contributed by atoms with E-state index < -0.39 is 8.25 Å². The van der Waals surface area contributed by atoms with Crippen molar-refractivity contribution in [2.24, 2.45) is 5.92 Å². The monoisotopic (exact) mass is 500 g/mol. The van der Waals surface area contributed by atoms with Crippen LogP contribution >= 0.6 is 19.6 Å². The topological polar surface area (TPSA) is 67.8 Å². The van der Waals surface area contributed by atoms with Crippen molar-refractivity contribution in [3.63, 3.8) is 0 Å². The first-order chi connectivity index (χ1) is 16.5. The molecular formula is C27H35NO4PS+. The molecule has 7 heteroatoms. The second-order valence-electron chi connectivity index (χ2n) is 8.78. The fraction of sp³-hybridized carbons (Fsp3) is 0.407. The molecule has 3 rings (SSSR count). The fourth-order valence-electron chi connectivity index (χ4n) is 3.78. The van der Waals surface area contributed by atoms with E-state index in [-0.39, 0.29) is 6.61 Å². The molecule has 5 nitrogen and oxygen atoms in total. The lowest BCUT2D eigenvalue weighted by Gasteiger charge is -2.13. The molecular weight excluding hydrogens is 465 g/mol. The molecule has 0 bridgehead atoms. The van der Waals surface area contributed by atoms with Gasteiger partial charge in [0.1, 0.15) is 12.4 Å². The standard InChI is InChI=1S/C27H34NO4PS/c1-21(2)18-23-10-8-22(9-11-23)6-3-15-31-26-13-12-24(19-25(26)27-7-4-17-34-27)20-28-14-5-16-32-33(29)30/h4,7-13,17,19,21,28H,3,5-6,14-16,18,20H2,1-2H3/p+1. The summed E-state index contributed by atoms with van der Waals surface area (Å²) in [5.41, 5.74) is 5.05. The van der Waals surface area contributed by atoms with Crippen molar-refractivity contribution in [3.8, 4) is 16.2 Å². The summed E-state index contributed by atoms with van der Waals surface area (Å²) in [6, 6.07) is 19.5. The molecule has 0 amide bonds. The predicted octanol–water partition coefficient (Wildman–Crippen LogP) is 6.77. The maximum atomic E-state index is 10.5. The van der Waals surface area contributed by atoms with Crippen molar-refractivity contribution in [2.45, 2.75) is 46.1 Å². The molecule has 0 saturated carbocycles. The summed E-state index contributed by atoms with van der Waals surface area (Å²) in [6.45, 7) is 6.89. The molecule has 0 saturated heterocycles. The normalized spacial score (nSPS) is 11.7. The Labute approximate surface area is 208 Å². The van der Waals surface area contributed by atoms with Gasteiger partial charge in [-0.25, -0.2) is 0 Å². The van der Waals surface area contributed by atoms with E-state index in [0.717, 1.165) is 37.1 Å². The summed E-state index contributed by atoms with van der Waals surface area (Å²) < 4.78 is 21.4. The molecule has 34 heavy (non-hydrogen) atoms. The summed E-state index contributed by atoms with van der Waals surface area (Å²) in [6.07, 6.45) is 3.78. The van der Waals surface area contributed by atoms with Gasteiger partial charge in [0.05, 0.1) is 6.61 Å². The number of nitrogens with one attached hydrogen (secondary N) is 1. The minimum absolute atomic E-state index is 0.272. The zero-order valence-electron chi connectivity index (χ0n) is 20.0. The van der Waals surface area contributed by atoms with Crippen molar-refractivity contribution < 1.29 is 18.7 Å². The second kappa shape index (κ2) is 14.3. The highest BCUT2D eigenvalue weighted by Crippen LogP contribution is 2.34. The van der Waals surface area contributed by atoms with Crippen LogP contribution in [0, 0.1) is 5.92 Å². The number of aryl methyl sites for hydroxylation is 1. The van der Waals surface area contributed by atoms with Crippen LogP contribution in [0.2, 0.25) is 0 Å². The van der Waals surface area contributed by atoms with Crippen molar-refractivity contribution in [3.05, 3.63) is 76.7 Å². The first kappa shape index (κ1) is 26.5. The molecule has 1 aromatic heterocycles. The number of thiophene rings is 1. The number of hydrogen-bond acceptors (Lipinski definition) is 5. The van der Waals surface area contributed by atoms with E-state index in [1.807, 2.05) is 0 Å². The Bertz CT molecular complexity index is 1010. The molecule has 1 heterocycles. The lowest BCUT2D eigenvalue weighted by atomic mass is 10.0. The van der Waals surface area contributed by atoms with Gasteiger partial charge in [-0.1, -0.05) is 50.2 Å². The molecule has 3 aromatic rings. The summed E-state index contributed by atoms with van der Waals surface area (Å²) in [7, 11) is -2.51. The van der Waals surface area contributed by atoms with Gasteiger partial charge in [-0.05, 0) is 78.4 Å². The lowest BCUT2D eigenvalue weighted by molar-refractivity contribution is 0.276. The number of benzene rings is 2. The summed E-state index contributed by atoms with van der Waals surface area (Å²) in [5, 5.41) is 5.44. The van der Waals surface area contributed by atoms with Crippen molar-refractivity contribution >= 4 is 19.6 Å². The van der Waals surface area contributed by atoms with Gasteiger partial charge in [0.15, 0.2) is 0 Å². The van der Waals surface area contributed by atoms with Crippen molar-refractivity contribution in [2.75, 3.05) is 19.8 Å². The third kappa shape index (κ3) is 9.28. The molecule has 0 aliphatic heterocycles. The number of ether oxygens (including phenoxy) is 1. The zero-order chi connectivity index (χ0) is 24.2. The molecule has 0 aliphatic rings. The van der Waals surface area contributed by atoms with Crippen LogP contribution in [-0.2, 0) is 28.5 Å². The third-order valence-corrected chi connectivity index (χ3v) is 6.70. The van der Waals surface area contributed by atoms with Gasteiger partial charge < -0.3 is 10.1 Å². The Kier molecular flexibility index (Phi) is 11.2. The maximum absolute atomic E-state index is 10.5. The summed E-state index contributed by atoms with van der Waals surface area (Å²) in [4.78, 5) is 9.85.